The fraction of sp³-hybridized carbons (Fsp3) is 1.00. The molecular formula is C6H17NO7S2. The minimum absolute atomic E-state index is 0.136. The van der Waals surface area contributed by atoms with Crippen molar-refractivity contribution < 1.29 is 35.0 Å². The zero-order valence-electron chi connectivity index (χ0n) is 9.32. The fourth-order valence-corrected chi connectivity index (χ4v) is 1.22. The highest BCUT2D eigenvalue weighted by atomic mass is 32.3. The van der Waals surface area contributed by atoms with Gasteiger partial charge in [-0.2, -0.15) is 8.42 Å². The van der Waals surface area contributed by atoms with Crippen molar-refractivity contribution in [3.8, 4) is 0 Å². The third kappa shape index (κ3) is 37.2. The lowest BCUT2D eigenvalue weighted by Crippen LogP contribution is -2.36. The summed E-state index contributed by atoms with van der Waals surface area (Å²) in [6.07, 6.45) is 0.502. The van der Waals surface area contributed by atoms with Crippen LogP contribution >= 0.6 is 0 Å². The monoisotopic (exact) mass is 279 g/mol. The molecule has 0 radical (unpaired) electrons. The van der Waals surface area contributed by atoms with Crippen LogP contribution in [0.25, 0.3) is 0 Å². The van der Waals surface area contributed by atoms with Crippen molar-refractivity contribution in [2.24, 2.45) is 0 Å². The summed E-state index contributed by atoms with van der Waals surface area (Å²) in [5.74, 6) is -0.136. The van der Waals surface area contributed by atoms with E-state index in [1.165, 1.54) is 0 Å². The van der Waals surface area contributed by atoms with Crippen LogP contribution < -0.4 is 0 Å². The van der Waals surface area contributed by atoms with Gasteiger partial charge in [0.15, 0.2) is 0 Å². The van der Waals surface area contributed by atoms with Gasteiger partial charge in [0.1, 0.15) is 0 Å². The molecule has 0 bridgehead atoms. The lowest BCUT2D eigenvalue weighted by Gasteiger charge is -2.23. The number of hydrogen-bond donors (Lipinski definition) is 2. The van der Waals surface area contributed by atoms with Crippen molar-refractivity contribution in [3.05, 3.63) is 0 Å². The summed E-state index contributed by atoms with van der Waals surface area (Å²) < 4.78 is 62.5. The van der Waals surface area contributed by atoms with E-state index in [1.54, 1.807) is 0 Å². The molecule has 0 heterocycles. The summed E-state index contributed by atoms with van der Waals surface area (Å²) in [6, 6.07) is 0. The lowest BCUT2D eigenvalue weighted by atomic mass is 10.4. The third-order valence-corrected chi connectivity index (χ3v) is 2.04. The molecule has 10 heteroatoms. The Hall–Kier alpha value is -0.260. The molecule has 0 aromatic rings. The predicted octanol–water partition coefficient (Wildman–Crippen LogP) is -1.02. The van der Waals surface area contributed by atoms with Gasteiger partial charge in [0, 0.05) is 6.42 Å². The van der Waals surface area contributed by atoms with Gasteiger partial charge in [0.25, 0.3) is 10.1 Å². The van der Waals surface area contributed by atoms with Crippen LogP contribution in [-0.4, -0.2) is 68.4 Å². The maximum Gasteiger partial charge on any atom is 0.265 e. The largest absolute Gasteiger partial charge is 0.726 e. The van der Waals surface area contributed by atoms with Gasteiger partial charge in [-0.3, -0.25) is 9.11 Å². The second kappa shape index (κ2) is 6.47. The van der Waals surface area contributed by atoms with Crippen molar-refractivity contribution in [3.63, 3.8) is 0 Å². The highest BCUT2D eigenvalue weighted by molar-refractivity contribution is 7.85. The molecule has 2 N–H and O–H groups in total. The summed E-state index contributed by atoms with van der Waals surface area (Å²) in [5.41, 5.74) is 0. The van der Waals surface area contributed by atoms with Crippen LogP contribution in [0.5, 0.6) is 0 Å². The van der Waals surface area contributed by atoms with Crippen LogP contribution in [0.1, 0.15) is 6.42 Å². The van der Waals surface area contributed by atoms with E-state index in [1.807, 2.05) is 21.1 Å². The first-order chi connectivity index (χ1) is 6.71. The Labute approximate surface area is 95.8 Å². The lowest BCUT2D eigenvalue weighted by molar-refractivity contribution is -0.870. The summed E-state index contributed by atoms with van der Waals surface area (Å²) >= 11 is 0. The summed E-state index contributed by atoms with van der Waals surface area (Å²) in [6.45, 7) is 0.750. The molecule has 0 fully saturated rings. The third-order valence-electron chi connectivity index (χ3n) is 1.23. The van der Waals surface area contributed by atoms with E-state index in [9.17, 15) is 8.42 Å². The van der Waals surface area contributed by atoms with Gasteiger partial charge in [0.05, 0.1) is 33.4 Å². The molecule has 16 heavy (non-hydrogen) atoms. The highest BCUT2D eigenvalue weighted by Gasteiger charge is 2.10. The first kappa shape index (κ1) is 18.1. The summed E-state index contributed by atoms with van der Waals surface area (Å²) in [7, 11) is -2.74. The molecule has 0 aliphatic carbocycles. The number of hydrogen-bond acceptors (Lipinski definition) is 5. The van der Waals surface area contributed by atoms with Crippen molar-refractivity contribution >= 4 is 20.5 Å². The molecule has 8 nitrogen and oxygen atoms in total. The molecule has 0 amide bonds. The fourth-order valence-electron chi connectivity index (χ4n) is 0.721. The van der Waals surface area contributed by atoms with E-state index >= 15 is 0 Å². The van der Waals surface area contributed by atoms with Crippen LogP contribution in [0.15, 0.2) is 0 Å². The Bertz CT molecular complexity index is 370. The highest BCUT2D eigenvalue weighted by Crippen LogP contribution is 1.95. The normalized spacial score (nSPS) is 12.9. The predicted molar refractivity (Wildman–Crippen MR) is 56.3 cm³/mol. The first-order valence-electron chi connectivity index (χ1n) is 4.15. The van der Waals surface area contributed by atoms with Gasteiger partial charge in [-0.25, -0.2) is 8.42 Å². The van der Waals surface area contributed by atoms with E-state index in [2.05, 4.69) is 0 Å². The van der Waals surface area contributed by atoms with Gasteiger partial charge in [-0.05, 0) is 0 Å². The van der Waals surface area contributed by atoms with Crippen LogP contribution in [0, 0.1) is 0 Å². The quantitative estimate of drug-likeness (QED) is 0.382. The molecule has 100 valence electrons. The van der Waals surface area contributed by atoms with E-state index in [0.29, 0.717) is 6.42 Å². The van der Waals surface area contributed by atoms with Crippen LogP contribution in [0.3, 0.4) is 0 Å². The molecule has 0 aromatic heterocycles. The van der Waals surface area contributed by atoms with Gasteiger partial charge in [-0.1, -0.05) is 0 Å². The van der Waals surface area contributed by atoms with E-state index in [4.69, 9.17) is 22.1 Å². The van der Waals surface area contributed by atoms with Gasteiger partial charge >= 0.3 is 0 Å². The van der Waals surface area contributed by atoms with Crippen molar-refractivity contribution in [1.82, 2.24) is 0 Å². The maximum atomic E-state index is 10.3. The molecule has 0 spiro atoms. The maximum absolute atomic E-state index is 10.3. The molecule has 0 aliphatic rings. The van der Waals surface area contributed by atoms with Gasteiger partial charge in [0.2, 0.25) is 10.4 Å². The van der Waals surface area contributed by atoms with Gasteiger partial charge in [-0.15, -0.1) is 0 Å². The topological polar surface area (TPSA) is 132 Å². The molecule has 0 aliphatic heterocycles. The Morgan fingerprint density at radius 3 is 1.56 bits per heavy atom. The van der Waals surface area contributed by atoms with Gasteiger partial charge < -0.3 is 9.04 Å². The Morgan fingerprint density at radius 2 is 1.38 bits per heavy atom. The summed E-state index contributed by atoms with van der Waals surface area (Å²) in [4.78, 5) is 0. The molecule has 0 atom stereocenters. The van der Waals surface area contributed by atoms with Crippen LogP contribution in [0.4, 0.5) is 0 Å². The molecule has 0 rings (SSSR count). The molecule has 0 saturated carbocycles. The van der Waals surface area contributed by atoms with Crippen LogP contribution in [-0.2, 0) is 20.5 Å². The summed E-state index contributed by atoms with van der Waals surface area (Å²) in [5, 5.41) is 0. The van der Waals surface area contributed by atoms with E-state index in [0.717, 1.165) is 11.0 Å². The minimum atomic E-state index is -4.92. The van der Waals surface area contributed by atoms with E-state index < -0.39 is 20.5 Å². The Morgan fingerprint density at radius 1 is 1.06 bits per heavy atom. The average Bonchev–Trinajstić information content (AvgIpc) is 1.74. The second-order valence-electron chi connectivity index (χ2n) is 4.08. The Kier molecular flexibility index (Phi) is 7.32. The SMILES string of the molecule is C[N+](C)(C)CCCS(=O)(=O)O.O=S(=O)([O-])O. The van der Waals surface area contributed by atoms with Crippen molar-refractivity contribution in [1.29, 1.82) is 0 Å². The standard InChI is InChI=1S/C6H15NO3S.H2O4S/c1-7(2,3)5-4-6-11(8,9)10;1-5(2,3)4/h4-6H2,1-3H3;(H2,1,2,3,4). The van der Waals surface area contributed by atoms with E-state index in [-0.39, 0.29) is 5.75 Å². The molecule has 0 aromatic carbocycles. The average molecular weight is 279 g/mol. The zero-order valence-corrected chi connectivity index (χ0v) is 11.0. The van der Waals surface area contributed by atoms with Crippen molar-refractivity contribution in [2.75, 3.05) is 33.4 Å². The van der Waals surface area contributed by atoms with Crippen LogP contribution in [0.2, 0.25) is 0 Å². The smallest absolute Gasteiger partial charge is 0.265 e. The molecule has 0 saturated heterocycles. The molecular weight excluding hydrogens is 262 g/mol. The first-order valence-corrected chi connectivity index (χ1v) is 7.12. The number of rotatable bonds is 4. The number of quaternary nitrogens is 1. The Balaban J connectivity index is 0. The number of nitrogens with zero attached hydrogens (tertiary/aromatic N) is 1. The molecule has 0 unspecified atom stereocenters. The van der Waals surface area contributed by atoms with Crippen molar-refractivity contribution in [2.45, 2.75) is 6.42 Å². The second-order valence-corrected chi connectivity index (χ2v) is 6.51. The zero-order chi connectivity index (χ0) is 13.6. The minimum Gasteiger partial charge on any atom is -0.726 e.